The molecule has 1 heterocycles. The summed E-state index contributed by atoms with van der Waals surface area (Å²) in [5.41, 5.74) is 0.270. The van der Waals surface area contributed by atoms with Gasteiger partial charge in [-0.15, -0.1) is 11.3 Å². The molecule has 0 aromatic carbocycles. The average Bonchev–Trinajstić information content (AvgIpc) is 3.15. The summed E-state index contributed by atoms with van der Waals surface area (Å²) in [6.45, 7) is 3.44. The number of rotatable bonds is 7. The number of carbonyl (C=O) groups excluding carboxylic acids is 2. The minimum absolute atomic E-state index is 0.215. The van der Waals surface area contributed by atoms with Crippen LogP contribution in [0.15, 0.2) is 5.38 Å². The molecule has 7 heteroatoms. The number of hydrogen-bond donors (Lipinski definition) is 1. The predicted octanol–water partition coefficient (Wildman–Crippen LogP) is 1.14. The number of nitrogens with one attached hydrogen (secondary N) is 1. The first-order valence-corrected chi connectivity index (χ1v) is 7.61. The Labute approximate surface area is 122 Å². The maximum atomic E-state index is 11.9. The number of amides is 1. The maximum Gasteiger partial charge on any atom is 0.367 e. The van der Waals surface area contributed by atoms with Gasteiger partial charge in [-0.1, -0.05) is 0 Å². The van der Waals surface area contributed by atoms with Gasteiger partial charge in [0.05, 0.1) is 6.61 Å². The maximum absolute atomic E-state index is 11.9. The molecule has 1 N–H and O–H groups in total. The van der Waals surface area contributed by atoms with Crippen molar-refractivity contribution >= 4 is 23.2 Å². The van der Waals surface area contributed by atoms with E-state index in [0.717, 1.165) is 17.9 Å². The fraction of sp³-hybridized carbons (Fsp3) is 0.615. The molecule has 110 valence electrons. The van der Waals surface area contributed by atoms with E-state index in [9.17, 15) is 9.59 Å². The molecule has 20 heavy (non-hydrogen) atoms. The van der Waals surface area contributed by atoms with E-state index in [4.69, 9.17) is 4.74 Å². The van der Waals surface area contributed by atoms with Crippen LogP contribution in [-0.4, -0.2) is 54.5 Å². The van der Waals surface area contributed by atoms with Gasteiger partial charge in [-0.2, -0.15) is 0 Å². The van der Waals surface area contributed by atoms with E-state index < -0.39 is 5.97 Å². The lowest BCUT2D eigenvalue weighted by molar-refractivity contribution is 0.0526. The second-order valence-corrected chi connectivity index (χ2v) is 5.58. The second-order valence-electron chi connectivity index (χ2n) is 4.73. The molecule has 0 aliphatic heterocycles. The van der Waals surface area contributed by atoms with Crippen LogP contribution >= 0.6 is 11.3 Å². The summed E-state index contributed by atoms with van der Waals surface area (Å²) < 4.78 is 4.84. The fourth-order valence-corrected chi connectivity index (χ4v) is 2.49. The number of likely N-dealkylation sites (N-methyl/N-ethyl adjacent to an activating group) is 1. The molecule has 0 radical (unpaired) electrons. The van der Waals surface area contributed by atoms with Crippen LogP contribution in [0.3, 0.4) is 0 Å². The summed E-state index contributed by atoms with van der Waals surface area (Å²) in [5.74, 6) is -0.731. The second kappa shape index (κ2) is 6.81. The van der Waals surface area contributed by atoms with Gasteiger partial charge in [0.25, 0.3) is 5.91 Å². The van der Waals surface area contributed by atoms with Crippen LogP contribution in [0.1, 0.15) is 40.1 Å². The summed E-state index contributed by atoms with van der Waals surface area (Å²) in [6, 6.07) is 0.682. The summed E-state index contributed by atoms with van der Waals surface area (Å²) in [6.07, 6.45) is 2.50. The van der Waals surface area contributed by atoms with Gasteiger partial charge in [0.15, 0.2) is 0 Å². The molecule has 1 aromatic heterocycles. The number of hydrogen-bond acceptors (Lipinski definition) is 6. The molecule has 2 rings (SSSR count). The summed E-state index contributed by atoms with van der Waals surface area (Å²) in [4.78, 5) is 29.6. The largest absolute Gasteiger partial charge is 0.461 e. The van der Waals surface area contributed by atoms with Crippen molar-refractivity contribution in [1.82, 2.24) is 15.2 Å². The van der Waals surface area contributed by atoms with Gasteiger partial charge in [-0.25, -0.2) is 9.78 Å². The Morgan fingerprint density at radius 1 is 1.55 bits per heavy atom. The number of esters is 1. The number of aromatic nitrogens is 1. The SMILES string of the molecule is CCOC(=O)c1nc(C(=O)NCCN(C)C2CC2)cs1. The van der Waals surface area contributed by atoms with Crippen LogP contribution in [0.2, 0.25) is 0 Å². The summed E-state index contributed by atoms with van der Waals surface area (Å²) in [5, 5.41) is 4.60. The molecule has 1 fully saturated rings. The van der Waals surface area contributed by atoms with Gasteiger partial charge in [0.1, 0.15) is 5.69 Å². The molecule has 6 nitrogen and oxygen atoms in total. The zero-order valence-electron chi connectivity index (χ0n) is 11.7. The van der Waals surface area contributed by atoms with Gasteiger partial charge in [-0.3, -0.25) is 4.79 Å². The first kappa shape index (κ1) is 14.9. The lowest BCUT2D eigenvalue weighted by Crippen LogP contribution is -2.34. The Bertz CT molecular complexity index is 485. The summed E-state index contributed by atoms with van der Waals surface area (Å²) in [7, 11) is 2.06. The third kappa shape index (κ3) is 4.01. The fourth-order valence-electron chi connectivity index (χ4n) is 1.80. The Balaban J connectivity index is 1.78. The van der Waals surface area contributed by atoms with Crippen LogP contribution in [-0.2, 0) is 4.74 Å². The van der Waals surface area contributed by atoms with Crippen LogP contribution in [0.25, 0.3) is 0 Å². The molecular weight excluding hydrogens is 278 g/mol. The Morgan fingerprint density at radius 3 is 2.95 bits per heavy atom. The zero-order valence-corrected chi connectivity index (χ0v) is 12.5. The first-order chi connectivity index (χ1) is 9.61. The van der Waals surface area contributed by atoms with Crippen molar-refractivity contribution < 1.29 is 14.3 Å². The van der Waals surface area contributed by atoms with Crippen molar-refractivity contribution in [2.75, 3.05) is 26.7 Å². The third-order valence-corrected chi connectivity index (χ3v) is 3.93. The van der Waals surface area contributed by atoms with Crippen molar-refractivity contribution in [2.45, 2.75) is 25.8 Å². The minimum Gasteiger partial charge on any atom is -0.461 e. The van der Waals surface area contributed by atoms with Gasteiger partial charge in [0.2, 0.25) is 5.01 Å². The number of nitrogens with zero attached hydrogens (tertiary/aromatic N) is 2. The van der Waals surface area contributed by atoms with Gasteiger partial charge in [-0.05, 0) is 26.8 Å². The van der Waals surface area contributed by atoms with Crippen molar-refractivity contribution in [1.29, 1.82) is 0 Å². The van der Waals surface area contributed by atoms with E-state index in [1.807, 2.05) is 0 Å². The topological polar surface area (TPSA) is 71.5 Å². The van der Waals surface area contributed by atoms with Gasteiger partial charge >= 0.3 is 5.97 Å². The zero-order chi connectivity index (χ0) is 14.5. The molecule has 1 aromatic rings. The highest BCUT2D eigenvalue weighted by Crippen LogP contribution is 2.24. The smallest absolute Gasteiger partial charge is 0.367 e. The molecule has 1 aliphatic carbocycles. The monoisotopic (exact) mass is 297 g/mol. The molecule has 1 saturated carbocycles. The molecule has 0 saturated heterocycles. The van der Waals surface area contributed by atoms with E-state index in [-0.39, 0.29) is 16.6 Å². The van der Waals surface area contributed by atoms with E-state index in [2.05, 4.69) is 22.2 Å². The lowest BCUT2D eigenvalue weighted by atomic mass is 10.4. The van der Waals surface area contributed by atoms with Crippen molar-refractivity contribution in [3.8, 4) is 0 Å². The Morgan fingerprint density at radius 2 is 2.30 bits per heavy atom. The Kier molecular flexibility index (Phi) is 5.08. The molecule has 0 unspecified atom stereocenters. The van der Waals surface area contributed by atoms with E-state index in [0.29, 0.717) is 19.2 Å². The van der Waals surface area contributed by atoms with Crippen molar-refractivity contribution in [3.63, 3.8) is 0 Å². The first-order valence-electron chi connectivity index (χ1n) is 6.73. The predicted molar refractivity (Wildman–Crippen MR) is 76.1 cm³/mol. The van der Waals surface area contributed by atoms with E-state index in [1.165, 1.54) is 12.8 Å². The van der Waals surface area contributed by atoms with Crippen molar-refractivity contribution in [2.24, 2.45) is 0 Å². The van der Waals surface area contributed by atoms with E-state index >= 15 is 0 Å². The Hall–Kier alpha value is -1.47. The van der Waals surface area contributed by atoms with Gasteiger partial charge in [0, 0.05) is 24.5 Å². The van der Waals surface area contributed by atoms with Crippen LogP contribution < -0.4 is 5.32 Å². The van der Waals surface area contributed by atoms with Gasteiger partial charge < -0.3 is 15.0 Å². The van der Waals surface area contributed by atoms with Crippen molar-refractivity contribution in [3.05, 3.63) is 16.1 Å². The molecule has 1 aliphatic rings. The highest BCUT2D eigenvalue weighted by molar-refractivity contribution is 7.11. The van der Waals surface area contributed by atoms with E-state index in [1.54, 1.807) is 12.3 Å². The highest BCUT2D eigenvalue weighted by atomic mass is 32.1. The molecule has 0 atom stereocenters. The molecule has 0 spiro atoms. The normalized spacial score (nSPS) is 14.3. The minimum atomic E-state index is -0.481. The third-order valence-electron chi connectivity index (χ3n) is 3.11. The van der Waals surface area contributed by atoms with Crippen LogP contribution in [0.5, 0.6) is 0 Å². The number of ether oxygens (including phenoxy) is 1. The summed E-state index contributed by atoms with van der Waals surface area (Å²) >= 11 is 1.12. The van der Waals surface area contributed by atoms with Crippen LogP contribution in [0, 0.1) is 0 Å². The number of carbonyl (C=O) groups is 2. The lowest BCUT2D eigenvalue weighted by Gasteiger charge is -2.15. The number of thiazole rings is 1. The molecule has 1 amide bonds. The quantitative estimate of drug-likeness (QED) is 0.764. The standard InChI is InChI=1S/C13H19N3O3S/c1-3-19-13(18)12-15-10(8-20-12)11(17)14-6-7-16(2)9-4-5-9/h8-9H,3-7H2,1-2H3,(H,14,17). The highest BCUT2D eigenvalue weighted by Gasteiger charge is 2.25. The van der Waals surface area contributed by atoms with Crippen LogP contribution in [0.4, 0.5) is 0 Å². The molecule has 0 bridgehead atoms. The molecular formula is C13H19N3O3S. The average molecular weight is 297 g/mol.